The molecular formula is C8H10N2S. The Morgan fingerprint density at radius 1 is 1.45 bits per heavy atom. The van der Waals surface area contributed by atoms with E-state index in [0.29, 0.717) is 0 Å². The first-order valence-corrected chi connectivity index (χ1v) is 4.61. The summed E-state index contributed by atoms with van der Waals surface area (Å²) in [6.07, 6.45) is 0. The van der Waals surface area contributed by atoms with E-state index in [4.69, 9.17) is 5.73 Å². The zero-order chi connectivity index (χ0) is 7.68. The van der Waals surface area contributed by atoms with Crippen LogP contribution in [0.1, 0.15) is 0 Å². The van der Waals surface area contributed by atoms with Crippen molar-refractivity contribution in [2.24, 2.45) is 0 Å². The van der Waals surface area contributed by atoms with Gasteiger partial charge in [-0.2, -0.15) is 0 Å². The molecular weight excluding hydrogens is 156 g/mol. The molecule has 1 aromatic carbocycles. The molecule has 1 aliphatic rings. The van der Waals surface area contributed by atoms with Crippen LogP contribution in [0.2, 0.25) is 0 Å². The van der Waals surface area contributed by atoms with Crippen molar-refractivity contribution in [1.82, 2.24) is 0 Å². The maximum absolute atomic E-state index is 5.78. The van der Waals surface area contributed by atoms with Crippen LogP contribution in [-0.4, -0.2) is 12.3 Å². The number of hydrogen-bond acceptors (Lipinski definition) is 3. The van der Waals surface area contributed by atoms with E-state index in [9.17, 15) is 0 Å². The van der Waals surface area contributed by atoms with Gasteiger partial charge in [-0.25, -0.2) is 0 Å². The number of hydrogen-bond donors (Lipinski definition) is 2. The molecule has 0 saturated carbocycles. The second-order valence-corrected chi connectivity index (χ2v) is 3.60. The summed E-state index contributed by atoms with van der Waals surface area (Å²) >= 11 is 1.83. The molecule has 0 fully saturated rings. The molecule has 2 nitrogen and oxygen atoms in total. The molecule has 3 heteroatoms. The number of nitrogens with one attached hydrogen (secondary N) is 1. The molecule has 0 amide bonds. The largest absolute Gasteiger partial charge is 0.398 e. The zero-order valence-corrected chi connectivity index (χ0v) is 6.95. The maximum Gasteiger partial charge on any atom is 0.0535 e. The van der Waals surface area contributed by atoms with Gasteiger partial charge in [0.2, 0.25) is 0 Å². The average molecular weight is 166 g/mol. The molecule has 0 unspecified atom stereocenters. The summed E-state index contributed by atoms with van der Waals surface area (Å²) in [7, 11) is 0. The fraction of sp³-hybridized carbons (Fsp3) is 0.250. The highest BCUT2D eigenvalue weighted by Gasteiger charge is 2.10. The van der Waals surface area contributed by atoms with Crippen LogP contribution in [0.4, 0.5) is 11.4 Å². The van der Waals surface area contributed by atoms with Crippen molar-refractivity contribution in [2.45, 2.75) is 4.90 Å². The van der Waals surface area contributed by atoms with Crippen LogP contribution in [-0.2, 0) is 0 Å². The summed E-state index contributed by atoms with van der Waals surface area (Å²) in [6, 6.07) is 5.99. The van der Waals surface area contributed by atoms with E-state index in [0.717, 1.165) is 18.0 Å². The smallest absolute Gasteiger partial charge is 0.0535 e. The van der Waals surface area contributed by atoms with Gasteiger partial charge in [-0.1, -0.05) is 6.07 Å². The van der Waals surface area contributed by atoms with Crippen LogP contribution in [0.3, 0.4) is 0 Å². The molecule has 0 bridgehead atoms. The van der Waals surface area contributed by atoms with Crippen molar-refractivity contribution in [1.29, 1.82) is 0 Å². The minimum atomic E-state index is 0.889. The zero-order valence-electron chi connectivity index (χ0n) is 6.13. The van der Waals surface area contributed by atoms with Gasteiger partial charge in [0.25, 0.3) is 0 Å². The Bertz CT molecular complexity index is 273. The third-order valence-electron chi connectivity index (χ3n) is 1.71. The van der Waals surface area contributed by atoms with Gasteiger partial charge < -0.3 is 11.1 Å². The lowest BCUT2D eigenvalue weighted by Gasteiger charge is -2.18. The number of nitrogen functional groups attached to an aromatic ring is 1. The number of benzene rings is 1. The Balaban J connectivity index is 2.49. The number of anilines is 2. The molecule has 0 atom stereocenters. The summed E-state index contributed by atoms with van der Waals surface area (Å²) in [5, 5.41) is 3.30. The Kier molecular flexibility index (Phi) is 1.66. The van der Waals surface area contributed by atoms with Crippen LogP contribution in [0.25, 0.3) is 0 Å². The van der Waals surface area contributed by atoms with Gasteiger partial charge in [-0.15, -0.1) is 11.8 Å². The fourth-order valence-electron chi connectivity index (χ4n) is 1.19. The van der Waals surface area contributed by atoms with Gasteiger partial charge in [0, 0.05) is 23.7 Å². The normalized spacial score (nSPS) is 15.3. The number of fused-ring (bicyclic) bond motifs is 1. The summed E-state index contributed by atoms with van der Waals surface area (Å²) in [5.41, 5.74) is 7.85. The van der Waals surface area contributed by atoms with E-state index in [1.807, 2.05) is 23.9 Å². The first kappa shape index (κ1) is 6.85. The molecule has 0 saturated heterocycles. The van der Waals surface area contributed by atoms with Gasteiger partial charge >= 0.3 is 0 Å². The predicted molar refractivity (Wildman–Crippen MR) is 50.1 cm³/mol. The molecule has 1 aromatic rings. The minimum absolute atomic E-state index is 0.889. The molecule has 11 heavy (non-hydrogen) atoms. The summed E-state index contributed by atoms with van der Waals surface area (Å²) in [6.45, 7) is 1.04. The van der Waals surface area contributed by atoms with E-state index < -0.39 is 0 Å². The van der Waals surface area contributed by atoms with E-state index in [-0.39, 0.29) is 0 Å². The molecule has 2 rings (SSSR count). The first-order chi connectivity index (χ1) is 5.38. The Labute approximate surface area is 70.2 Å². The van der Waals surface area contributed by atoms with Crippen molar-refractivity contribution in [3.8, 4) is 0 Å². The van der Waals surface area contributed by atoms with E-state index in [2.05, 4.69) is 11.4 Å². The molecule has 0 spiro atoms. The Hall–Kier alpha value is -0.830. The van der Waals surface area contributed by atoms with Gasteiger partial charge in [-0.05, 0) is 12.1 Å². The molecule has 58 valence electrons. The topological polar surface area (TPSA) is 38.0 Å². The van der Waals surface area contributed by atoms with Crippen molar-refractivity contribution in [2.75, 3.05) is 23.3 Å². The predicted octanol–water partition coefficient (Wildman–Crippen LogP) is 1.79. The summed E-state index contributed by atoms with van der Waals surface area (Å²) in [4.78, 5) is 1.21. The summed E-state index contributed by atoms with van der Waals surface area (Å²) < 4.78 is 0. The molecule has 0 aliphatic carbocycles. The summed E-state index contributed by atoms with van der Waals surface area (Å²) in [5.74, 6) is 1.11. The molecule has 0 aromatic heterocycles. The van der Waals surface area contributed by atoms with Gasteiger partial charge in [0.05, 0.1) is 4.90 Å². The van der Waals surface area contributed by atoms with Crippen molar-refractivity contribution in [3.63, 3.8) is 0 Å². The highest BCUT2D eigenvalue weighted by molar-refractivity contribution is 7.99. The average Bonchev–Trinajstić information content (AvgIpc) is 2.06. The van der Waals surface area contributed by atoms with Crippen LogP contribution < -0.4 is 11.1 Å². The van der Waals surface area contributed by atoms with E-state index in [1.165, 1.54) is 10.6 Å². The highest BCUT2D eigenvalue weighted by atomic mass is 32.2. The quantitative estimate of drug-likeness (QED) is 0.577. The lowest BCUT2D eigenvalue weighted by molar-refractivity contribution is 1.17. The monoisotopic (exact) mass is 166 g/mol. The fourth-order valence-corrected chi connectivity index (χ4v) is 2.13. The number of thioether (sulfide) groups is 1. The molecule has 3 N–H and O–H groups in total. The molecule has 1 aliphatic heterocycles. The third-order valence-corrected chi connectivity index (χ3v) is 2.86. The molecule has 0 radical (unpaired) electrons. The standard InChI is InChI=1S/C8H10N2S/c9-6-2-1-3-7-8(6)11-5-4-10-7/h1-3,10H,4-5,9H2. The highest BCUT2D eigenvalue weighted by Crippen LogP contribution is 2.35. The second-order valence-electron chi connectivity index (χ2n) is 2.50. The number of rotatable bonds is 0. The SMILES string of the molecule is Nc1cccc2c1SCCN2. The van der Waals surface area contributed by atoms with Crippen LogP contribution >= 0.6 is 11.8 Å². The maximum atomic E-state index is 5.78. The molecule has 1 heterocycles. The van der Waals surface area contributed by atoms with Gasteiger partial charge in [0.15, 0.2) is 0 Å². The van der Waals surface area contributed by atoms with Crippen molar-refractivity contribution in [3.05, 3.63) is 18.2 Å². The van der Waals surface area contributed by atoms with Crippen LogP contribution in [0, 0.1) is 0 Å². The third kappa shape index (κ3) is 1.16. The number of nitrogens with two attached hydrogens (primary N) is 1. The van der Waals surface area contributed by atoms with E-state index in [1.54, 1.807) is 0 Å². The lowest BCUT2D eigenvalue weighted by Crippen LogP contribution is -2.10. The van der Waals surface area contributed by atoms with Crippen LogP contribution in [0.15, 0.2) is 23.1 Å². The van der Waals surface area contributed by atoms with Crippen LogP contribution in [0.5, 0.6) is 0 Å². The minimum Gasteiger partial charge on any atom is -0.398 e. The second kappa shape index (κ2) is 2.66. The van der Waals surface area contributed by atoms with Gasteiger partial charge in [-0.3, -0.25) is 0 Å². The Morgan fingerprint density at radius 3 is 3.18 bits per heavy atom. The Morgan fingerprint density at radius 2 is 2.36 bits per heavy atom. The first-order valence-electron chi connectivity index (χ1n) is 3.63. The van der Waals surface area contributed by atoms with Crippen molar-refractivity contribution < 1.29 is 0 Å². The van der Waals surface area contributed by atoms with Gasteiger partial charge in [0.1, 0.15) is 0 Å². The van der Waals surface area contributed by atoms with E-state index >= 15 is 0 Å². The lowest BCUT2D eigenvalue weighted by atomic mass is 10.3. The van der Waals surface area contributed by atoms with Crippen molar-refractivity contribution >= 4 is 23.1 Å².